The molecule has 0 saturated heterocycles. The molecule has 0 aromatic heterocycles. The van der Waals surface area contributed by atoms with Gasteiger partial charge in [-0.05, 0) is 38.9 Å². The molecular weight excluding hydrogens is 202 g/mol. The summed E-state index contributed by atoms with van der Waals surface area (Å²) in [5.41, 5.74) is 3.28. The van der Waals surface area contributed by atoms with Crippen molar-refractivity contribution in [2.75, 3.05) is 13.7 Å². The second-order valence-electron chi connectivity index (χ2n) is 3.83. The van der Waals surface area contributed by atoms with Crippen molar-refractivity contribution in [3.63, 3.8) is 0 Å². The Morgan fingerprint density at radius 3 is 2.62 bits per heavy atom. The monoisotopic (exact) mass is 221 g/mol. The standard InChI is InChI=1S/C13H19NO2/c1-5-16-13(15)12(14-4)11-7-6-9(2)8-10(11)3/h6-8,12,14H,5H2,1-4H3. The van der Waals surface area contributed by atoms with Crippen molar-refractivity contribution >= 4 is 5.97 Å². The van der Waals surface area contributed by atoms with E-state index in [1.807, 2.05) is 32.9 Å². The van der Waals surface area contributed by atoms with Crippen molar-refractivity contribution < 1.29 is 9.53 Å². The van der Waals surface area contributed by atoms with Gasteiger partial charge in [-0.15, -0.1) is 0 Å². The zero-order valence-corrected chi connectivity index (χ0v) is 10.3. The van der Waals surface area contributed by atoms with Crippen LogP contribution in [0.4, 0.5) is 0 Å². The van der Waals surface area contributed by atoms with Gasteiger partial charge in [-0.1, -0.05) is 23.8 Å². The fraction of sp³-hybridized carbons (Fsp3) is 0.462. The molecule has 0 fully saturated rings. The Balaban J connectivity index is 2.99. The summed E-state index contributed by atoms with van der Waals surface area (Å²) in [6.07, 6.45) is 0. The van der Waals surface area contributed by atoms with Crippen LogP contribution in [0.5, 0.6) is 0 Å². The van der Waals surface area contributed by atoms with Crippen LogP contribution in [0.3, 0.4) is 0 Å². The topological polar surface area (TPSA) is 38.3 Å². The van der Waals surface area contributed by atoms with Crippen LogP contribution >= 0.6 is 0 Å². The van der Waals surface area contributed by atoms with E-state index in [4.69, 9.17) is 4.74 Å². The molecule has 0 amide bonds. The van der Waals surface area contributed by atoms with E-state index < -0.39 is 0 Å². The molecule has 3 heteroatoms. The normalized spacial score (nSPS) is 12.2. The lowest BCUT2D eigenvalue weighted by atomic mass is 9.99. The van der Waals surface area contributed by atoms with Gasteiger partial charge in [-0.2, -0.15) is 0 Å². The smallest absolute Gasteiger partial charge is 0.327 e. The molecule has 1 aromatic rings. The minimum atomic E-state index is -0.374. The summed E-state index contributed by atoms with van der Waals surface area (Å²) >= 11 is 0. The lowest BCUT2D eigenvalue weighted by Crippen LogP contribution is -2.28. The molecule has 16 heavy (non-hydrogen) atoms. The van der Waals surface area contributed by atoms with E-state index in [1.54, 1.807) is 7.05 Å². The Bertz CT molecular complexity index is 374. The molecule has 1 N–H and O–H groups in total. The number of esters is 1. The van der Waals surface area contributed by atoms with Crippen LogP contribution in [0.15, 0.2) is 18.2 Å². The van der Waals surface area contributed by atoms with Crippen LogP contribution in [0.1, 0.15) is 29.7 Å². The highest BCUT2D eigenvalue weighted by Gasteiger charge is 2.21. The van der Waals surface area contributed by atoms with Gasteiger partial charge in [-0.25, -0.2) is 4.79 Å². The van der Waals surface area contributed by atoms with Crippen molar-refractivity contribution in [1.29, 1.82) is 0 Å². The Kier molecular flexibility index (Phi) is 4.50. The van der Waals surface area contributed by atoms with Crippen LogP contribution in [0.25, 0.3) is 0 Å². The third kappa shape index (κ3) is 2.83. The van der Waals surface area contributed by atoms with Gasteiger partial charge >= 0.3 is 5.97 Å². The quantitative estimate of drug-likeness (QED) is 0.791. The van der Waals surface area contributed by atoms with E-state index in [2.05, 4.69) is 11.4 Å². The van der Waals surface area contributed by atoms with Crippen LogP contribution < -0.4 is 5.32 Å². The molecule has 1 atom stereocenters. The van der Waals surface area contributed by atoms with Crippen LogP contribution in [0.2, 0.25) is 0 Å². The third-order valence-electron chi connectivity index (χ3n) is 2.55. The van der Waals surface area contributed by atoms with Crippen molar-refractivity contribution in [2.24, 2.45) is 0 Å². The average molecular weight is 221 g/mol. The number of benzene rings is 1. The second-order valence-corrected chi connectivity index (χ2v) is 3.83. The molecule has 0 aliphatic heterocycles. The number of carbonyl (C=O) groups is 1. The molecule has 0 bridgehead atoms. The maximum atomic E-state index is 11.7. The summed E-state index contributed by atoms with van der Waals surface area (Å²) in [5, 5.41) is 2.99. The van der Waals surface area contributed by atoms with Crippen LogP contribution in [0, 0.1) is 13.8 Å². The number of aryl methyl sites for hydroxylation is 2. The molecule has 0 spiro atoms. The summed E-state index contributed by atoms with van der Waals surface area (Å²) < 4.78 is 5.03. The SMILES string of the molecule is CCOC(=O)C(NC)c1ccc(C)cc1C. The molecule has 88 valence electrons. The summed E-state index contributed by atoms with van der Waals surface area (Å²) in [7, 11) is 1.76. The minimum absolute atomic E-state index is 0.225. The maximum absolute atomic E-state index is 11.7. The van der Waals surface area contributed by atoms with Gasteiger partial charge in [-0.3, -0.25) is 0 Å². The van der Waals surface area contributed by atoms with Crippen LogP contribution in [-0.2, 0) is 9.53 Å². The average Bonchev–Trinajstić information content (AvgIpc) is 2.22. The first-order valence-electron chi connectivity index (χ1n) is 5.51. The molecule has 0 aliphatic carbocycles. The largest absolute Gasteiger partial charge is 0.465 e. The van der Waals surface area contributed by atoms with E-state index in [9.17, 15) is 4.79 Å². The van der Waals surface area contributed by atoms with Gasteiger partial charge in [0.2, 0.25) is 0 Å². The van der Waals surface area contributed by atoms with Crippen molar-refractivity contribution in [3.05, 3.63) is 34.9 Å². The number of likely N-dealkylation sites (N-methyl/N-ethyl adjacent to an activating group) is 1. The Morgan fingerprint density at radius 2 is 2.12 bits per heavy atom. The van der Waals surface area contributed by atoms with Crippen molar-refractivity contribution in [1.82, 2.24) is 5.32 Å². The van der Waals surface area contributed by atoms with Gasteiger partial charge in [0.25, 0.3) is 0 Å². The predicted octanol–water partition coefficient (Wildman–Crippen LogP) is 2.13. The highest BCUT2D eigenvalue weighted by atomic mass is 16.5. The molecular formula is C13H19NO2. The molecule has 1 unspecified atom stereocenters. The molecule has 0 aliphatic rings. The maximum Gasteiger partial charge on any atom is 0.327 e. The number of hydrogen-bond acceptors (Lipinski definition) is 3. The minimum Gasteiger partial charge on any atom is -0.465 e. The van der Waals surface area contributed by atoms with E-state index in [0.717, 1.165) is 11.1 Å². The highest BCUT2D eigenvalue weighted by Crippen LogP contribution is 2.19. The highest BCUT2D eigenvalue weighted by molar-refractivity contribution is 5.78. The van der Waals surface area contributed by atoms with Gasteiger partial charge in [0.1, 0.15) is 6.04 Å². The number of nitrogens with one attached hydrogen (secondary N) is 1. The van der Waals surface area contributed by atoms with E-state index in [-0.39, 0.29) is 12.0 Å². The first kappa shape index (κ1) is 12.7. The zero-order chi connectivity index (χ0) is 12.1. The summed E-state index contributed by atoms with van der Waals surface area (Å²) in [6, 6.07) is 5.67. The Labute approximate surface area is 96.8 Å². The Hall–Kier alpha value is -1.35. The van der Waals surface area contributed by atoms with Crippen molar-refractivity contribution in [2.45, 2.75) is 26.8 Å². The van der Waals surface area contributed by atoms with Crippen LogP contribution in [-0.4, -0.2) is 19.6 Å². The molecule has 0 saturated carbocycles. The van der Waals surface area contributed by atoms with Gasteiger partial charge in [0.05, 0.1) is 6.61 Å². The number of hydrogen-bond donors (Lipinski definition) is 1. The lowest BCUT2D eigenvalue weighted by Gasteiger charge is -2.17. The van der Waals surface area contributed by atoms with Crippen molar-refractivity contribution in [3.8, 4) is 0 Å². The number of ether oxygens (including phenoxy) is 1. The molecule has 0 heterocycles. The first-order valence-corrected chi connectivity index (χ1v) is 5.51. The molecule has 3 nitrogen and oxygen atoms in total. The van der Waals surface area contributed by atoms with Gasteiger partial charge in [0, 0.05) is 0 Å². The molecule has 1 aromatic carbocycles. The second kappa shape index (κ2) is 5.66. The van der Waals surface area contributed by atoms with E-state index in [1.165, 1.54) is 5.56 Å². The van der Waals surface area contributed by atoms with E-state index >= 15 is 0 Å². The number of carbonyl (C=O) groups excluding carboxylic acids is 1. The Morgan fingerprint density at radius 1 is 1.44 bits per heavy atom. The summed E-state index contributed by atoms with van der Waals surface area (Å²) in [6.45, 7) is 6.26. The van der Waals surface area contributed by atoms with Gasteiger partial charge < -0.3 is 10.1 Å². The third-order valence-corrected chi connectivity index (χ3v) is 2.55. The molecule has 0 radical (unpaired) electrons. The summed E-state index contributed by atoms with van der Waals surface area (Å²) in [5.74, 6) is -0.225. The van der Waals surface area contributed by atoms with Gasteiger partial charge in [0.15, 0.2) is 0 Å². The zero-order valence-electron chi connectivity index (χ0n) is 10.3. The lowest BCUT2D eigenvalue weighted by molar-refractivity contribution is -0.145. The predicted molar refractivity (Wildman–Crippen MR) is 64.3 cm³/mol. The summed E-state index contributed by atoms with van der Waals surface area (Å²) in [4.78, 5) is 11.7. The first-order chi connectivity index (χ1) is 7.60. The number of rotatable bonds is 4. The molecule has 1 rings (SSSR count). The fourth-order valence-electron chi connectivity index (χ4n) is 1.78. The van der Waals surface area contributed by atoms with E-state index in [0.29, 0.717) is 6.61 Å². The fourth-order valence-corrected chi connectivity index (χ4v) is 1.78.